The van der Waals surface area contributed by atoms with Crippen LogP contribution in [0.5, 0.6) is 0 Å². The van der Waals surface area contributed by atoms with Crippen LogP contribution in [0.3, 0.4) is 0 Å². The second-order valence-electron chi connectivity index (χ2n) is 11.0. The van der Waals surface area contributed by atoms with Crippen LogP contribution in [0.25, 0.3) is 0 Å². The van der Waals surface area contributed by atoms with Gasteiger partial charge in [-0.15, -0.1) is 0 Å². The molecule has 0 bridgehead atoms. The molecule has 1 saturated heterocycles. The van der Waals surface area contributed by atoms with E-state index in [1.165, 1.54) is 76.6 Å². The van der Waals surface area contributed by atoms with Crippen LogP contribution in [0.4, 0.5) is 0 Å². The van der Waals surface area contributed by atoms with Crippen LogP contribution in [-0.2, 0) is 10.0 Å². The fourth-order valence-corrected chi connectivity index (χ4v) is 5.57. The molecule has 37 heavy (non-hydrogen) atoms. The topological polar surface area (TPSA) is 130 Å². The van der Waals surface area contributed by atoms with E-state index in [0.717, 1.165) is 43.7 Å². The van der Waals surface area contributed by atoms with Gasteiger partial charge in [-0.2, -0.15) is 0 Å². The minimum atomic E-state index is -3.74. The molecule has 1 aromatic rings. The predicted octanol–water partition coefficient (Wildman–Crippen LogP) is 4.74. The molecule has 2 unspecified atom stereocenters. The maximum atomic E-state index is 10.7. The molecule has 0 saturated carbocycles. The van der Waals surface area contributed by atoms with E-state index in [2.05, 4.69) is 44.4 Å². The van der Waals surface area contributed by atoms with Gasteiger partial charge < -0.3 is 10.8 Å². The Hall–Kier alpha value is -1.52. The van der Waals surface area contributed by atoms with E-state index in [0.29, 0.717) is 0 Å². The van der Waals surface area contributed by atoms with E-state index in [-0.39, 0.29) is 16.0 Å². The normalized spacial score (nSPS) is 20.6. The highest BCUT2D eigenvalue weighted by atomic mass is 32.2. The van der Waals surface area contributed by atoms with Gasteiger partial charge in [0.2, 0.25) is 10.0 Å². The molecule has 1 fully saturated rings. The first-order valence-electron chi connectivity index (χ1n) is 13.9. The lowest BCUT2D eigenvalue weighted by Crippen LogP contribution is -2.63. The van der Waals surface area contributed by atoms with Crippen LogP contribution in [0.1, 0.15) is 96.3 Å². The minimum Gasteiger partial charge on any atom is -0.478 e. The summed E-state index contributed by atoms with van der Waals surface area (Å²) in [6.07, 6.45) is 10.7. The number of sulfonamides is 1. The summed E-state index contributed by atoms with van der Waals surface area (Å²) in [5.41, 5.74) is 6.57. The maximum Gasteiger partial charge on any atom is 0.335 e. The first-order chi connectivity index (χ1) is 17.3. The largest absolute Gasteiger partial charge is 0.478 e. The van der Waals surface area contributed by atoms with Crippen LogP contribution in [-0.4, -0.2) is 67.7 Å². The summed E-state index contributed by atoms with van der Waals surface area (Å²) in [6, 6.07) is 4.67. The second kappa shape index (κ2) is 16.4. The molecule has 5 N–H and O–H groups in total. The number of benzene rings is 1. The fourth-order valence-electron chi connectivity index (χ4n) is 5.05. The zero-order valence-electron chi connectivity index (χ0n) is 23.8. The Morgan fingerprint density at radius 2 is 1.38 bits per heavy atom. The minimum absolute atomic E-state index is 0.0207. The van der Waals surface area contributed by atoms with Gasteiger partial charge in [0, 0.05) is 31.7 Å². The summed E-state index contributed by atoms with van der Waals surface area (Å²) in [5, 5.41) is 13.3. The predicted molar refractivity (Wildman–Crippen MR) is 152 cm³/mol. The standard InChI is InChI=1S/C21H45N3.C7H7NO4S/c1-6-10-12-19(8-3)14-23-16-21(5,22)17-24(18-23)15-20(9-4)13-11-7-2;8-13(11,12)6-3-1-5(2-4-6)7(9)10/h19-20H,6-18,22H2,1-5H3;1-4H,(H,9,10)(H2,8,11,12). The summed E-state index contributed by atoms with van der Waals surface area (Å²) < 4.78 is 21.5. The van der Waals surface area contributed by atoms with Crippen molar-refractivity contribution >= 4 is 16.0 Å². The summed E-state index contributed by atoms with van der Waals surface area (Å²) in [4.78, 5) is 15.6. The van der Waals surface area contributed by atoms with E-state index in [4.69, 9.17) is 16.0 Å². The third-order valence-corrected chi connectivity index (χ3v) is 8.05. The monoisotopic (exact) mass is 540 g/mol. The molecule has 0 amide bonds. The van der Waals surface area contributed by atoms with E-state index in [1.807, 2.05) is 0 Å². The Labute approximate surface area is 225 Å². The van der Waals surface area contributed by atoms with Crippen molar-refractivity contribution in [2.75, 3.05) is 32.8 Å². The molecule has 0 aromatic heterocycles. The quantitative estimate of drug-likeness (QED) is 0.311. The van der Waals surface area contributed by atoms with Crippen molar-refractivity contribution < 1.29 is 18.3 Å². The molecule has 0 spiro atoms. The number of carboxylic acid groups (broad SMARTS) is 1. The van der Waals surface area contributed by atoms with Crippen molar-refractivity contribution in [1.82, 2.24) is 9.80 Å². The molecule has 1 aliphatic rings. The molecule has 1 heterocycles. The fraction of sp³-hybridized carbons (Fsp3) is 0.750. The number of carbonyl (C=O) groups is 1. The summed E-state index contributed by atoms with van der Waals surface area (Å²) in [6.45, 7) is 17.2. The SMILES string of the molecule is CCCCC(CC)CN1CN(CC(CC)CCCC)CC(C)(N)C1.NS(=O)(=O)c1ccc(C(=O)O)cc1. The molecule has 0 aliphatic carbocycles. The van der Waals surface area contributed by atoms with Crippen LogP contribution in [0, 0.1) is 11.8 Å². The molecule has 2 rings (SSSR count). The van der Waals surface area contributed by atoms with Gasteiger partial charge in [-0.05, 0) is 55.9 Å². The molecule has 0 radical (unpaired) electrons. The average molecular weight is 541 g/mol. The van der Waals surface area contributed by atoms with Crippen molar-refractivity contribution in [1.29, 1.82) is 0 Å². The molecule has 214 valence electrons. The van der Waals surface area contributed by atoms with Crippen molar-refractivity contribution in [2.24, 2.45) is 22.7 Å². The number of rotatable bonds is 14. The Morgan fingerprint density at radius 1 is 0.946 bits per heavy atom. The lowest BCUT2D eigenvalue weighted by molar-refractivity contribution is 0.0182. The van der Waals surface area contributed by atoms with Gasteiger partial charge in [-0.3, -0.25) is 9.80 Å². The lowest BCUT2D eigenvalue weighted by Gasteiger charge is -2.46. The third kappa shape index (κ3) is 13.2. The number of hydrogen-bond donors (Lipinski definition) is 3. The molecule has 1 aliphatic heterocycles. The van der Waals surface area contributed by atoms with Gasteiger partial charge in [0.25, 0.3) is 0 Å². The molecule has 2 atom stereocenters. The highest BCUT2D eigenvalue weighted by Gasteiger charge is 2.33. The van der Waals surface area contributed by atoms with Crippen LogP contribution in [0.2, 0.25) is 0 Å². The van der Waals surface area contributed by atoms with E-state index in [1.54, 1.807) is 0 Å². The smallest absolute Gasteiger partial charge is 0.335 e. The van der Waals surface area contributed by atoms with E-state index in [9.17, 15) is 13.2 Å². The summed E-state index contributed by atoms with van der Waals surface area (Å²) >= 11 is 0. The van der Waals surface area contributed by atoms with Gasteiger partial charge in [-0.1, -0.05) is 66.2 Å². The zero-order valence-corrected chi connectivity index (χ0v) is 24.6. The average Bonchev–Trinajstić information content (AvgIpc) is 2.83. The summed E-state index contributed by atoms with van der Waals surface area (Å²) in [5.74, 6) is 0.562. The number of primary sulfonamides is 1. The van der Waals surface area contributed by atoms with Gasteiger partial charge in [0.15, 0.2) is 0 Å². The Kier molecular flexibility index (Phi) is 14.9. The van der Waals surface area contributed by atoms with Crippen LogP contribution >= 0.6 is 0 Å². The van der Waals surface area contributed by atoms with Gasteiger partial charge >= 0.3 is 5.97 Å². The van der Waals surface area contributed by atoms with Crippen LogP contribution < -0.4 is 10.9 Å². The van der Waals surface area contributed by atoms with Gasteiger partial charge in [0.1, 0.15) is 0 Å². The van der Waals surface area contributed by atoms with Gasteiger partial charge in [0.05, 0.1) is 17.1 Å². The highest BCUT2D eigenvalue weighted by molar-refractivity contribution is 7.89. The molecular weight excluding hydrogens is 488 g/mol. The second-order valence-corrected chi connectivity index (χ2v) is 12.6. The van der Waals surface area contributed by atoms with Gasteiger partial charge in [-0.25, -0.2) is 18.4 Å². The summed E-state index contributed by atoms with van der Waals surface area (Å²) in [7, 11) is -3.74. The Balaban J connectivity index is 0.000000442. The number of hydrogen-bond acceptors (Lipinski definition) is 6. The van der Waals surface area contributed by atoms with E-state index < -0.39 is 16.0 Å². The number of aromatic carboxylic acids is 1. The Bertz CT molecular complexity index is 862. The maximum absolute atomic E-state index is 10.7. The molecule has 9 heteroatoms. The third-order valence-electron chi connectivity index (χ3n) is 7.12. The van der Waals surface area contributed by atoms with Crippen molar-refractivity contribution in [3.05, 3.63) is 29.8 Å². The van der Waals surface area contributed by atoms with Crippen molar-refractivity contribution in [3.8, 4) is 0 Å². The van der Waals surface area contributed by atoms with Crippen molar-refractivity contribution in [2.45, 2.75) is 96.4 Å². The molecular formula is C28H52N4O4S. The number of carboxylic acids is 1. The Morgan fingerprint density at radius 3 is 1.70 bits per heavy atom. The van der Waals surface area contributed by atoms with Crippen LogP contribution in [0.15, 0.2) is 29.2 Å². The first kappa shape index (κ1) is 33.5. The highest BCUT2D eigenvalue weighted by Crippen LogP contribution is 2.22. The molecule has 8 nitrogen and oxygen atoms in total. The number of unbranched alkanes of at least 4 members (excludes halogenated alkanes) is 2. The first-order valence-corrected chi connectivity index (χ1v) is 15.5. The number of nitrogens with two attached hydrogens (primary N) is 2. The van der Waals surface area contributed by atoms with E-state index >= 15 is 0 Å². The van der Waals surface area contributed by atoms with Crippen molar-refractivity contribution in [3.63, 3.8) is 0 Å². The number of nitrogens with zero attached hydrogens (tertiary/aromatic N) is 2. The molecule has 1 aromatic carbocycles. The zero-order chi connectivity index (χ0) is 28.1. The lowest BCUT2D eigenvalue weighted by atomic mass is 9.94.